The van der Waals surface area contributed by atoms with Crippen molar-refractivity contribution in [1.29, 1.82) is 0 Å². The van der Waals surface area contributed by atoms with E-state index in [9.17, 15) is 4.79 Å². The van der Waals surface area contributed by atoms with E-state index in [1.54, 1.807) is 6.92 Å². The molecule has 0 bridgehead atoms. The maximum absolute atomic E-state index is 12.3. The number of nitrogens with two attached hydrogens (primary N) is 1. The first-order valence-electron chi connectivity index (χ1n) is 8.33. The molecule has 1 heterocycles. The fourth-order valence-corrected chi connectivity index (χ4v) is 3.17. The van der Waals surface area contributed by atoms with Gasteiger partial charge in [0.25, 0.3) is 0 Å². The molecule has 1 amide bonds. The number of carbonyl (C=O) groups excluding carboxylic acids is 1. The van der Waals surface area contributed by atoms with Gasteiger partial charge in [-0.25, -0.2) is 0 Å². The van der Waals surface area contributed by atoms with Gasteiger partial charge in [0.1, 0.15) is 0 Å². The molecule has 122 valence electrons. The first-order chi connectivity index (χ1) is 10.5. The van der Waals surface area contributed by atoms with E-state index in [1.807, 2.05) is 11.0 Å². The van der Waals surface area contributed by atoms with Crippen LogP contribution in [0.5, 0.6) is 0 Å². The van der Waals surface area contributed by atoms with Gasteiger partial charge in [0, 0.05) is 25.2 Å². The van der Waals surface area contributed by atoms with Crippen LogP contribution >= 0.6 is 0 Å². The maximum atomic E-state index is 12.3. The highest BCUT2D eigenvalue weighted by Gasteiger charge is 2.30. The average Bonchev–Trinajstić information content (AvgIpc) is 2.91. The number of hydrogen-bond acceptors (Lipinski definition) is 3. The van der Waals surface area contributed by atoms with E-state index >= 15 is 0 Å². The molecule has 0 radical (unpaired) electrons. The van der Waals surface area contributed by atoms with Gasteiger partial charge in [0.05, 0.1) is 6.04 Å². The molecule has 1 aromatic rings. The number of likely N-dealkylation sites (tertiary alicyclic amines) is 1. The molecule has 4 nitrogen and oxygen atoms in total. The normalized spacial score (nSPS) is 20.3. The van der Waals surface area contributed by atoms with Crippen LogP contribution in [0.25, 0.3) is 0 Å². The fourth-order valence-electron chi connectivity index (χ4n) is 3.17. The Bertz CT molecular complexity index is 472. The molecule has 2 atom stereocenters. The lowest BCUT2D eigenvalue weighted by atomic mass is 10.1. The van der Waals surface area contributed by atoms with E-state index in [1.165, 1.54) is 12.0 Å². The number of benzene rings is 1. The van der Waals surface area contributed by atoms with Crippen LogP contribution in [-0.2, 0) is 11.3 Å². The molecule has 1 fully saturated rings. The highest BCUT2D eigenvalue weighted by Crippen LogP contribution is 2.22. The van der Waals surface area contributed by atoms with Crippen LogP contribution in [0.2, 0.25) is 0 Å². The van der Waals surface area contributed by atoms with Gasteiger partial charge < -0.3 is 10.6 Å². The van der Waals surface area contributed by atoms with Crippen LogP contribution < -0.4 is 5.73 Å². The van der Waals surface area contributed by atoms with E-state index in [4.69, 9.17) is 5.73 Å². The molecule has 2 rings (SSSR count). The molecule has 1 saturated heterocycles. The summed E-state index contributed by atoms with van der Waals surface area (Å²) >= 11 is 0. The van der Waals surface area contributed by atoms with Gasteiger partial charge in [-0.15, -0.1) is 0 Å². The minimum atomic E-state index is -0.425. The Morgan fingerprint density at radius 1 is 1.32 bits per heavy atom. The van der Waals surface area contributed by atoms with E-state index in [0.29, 0.717) is 6.04 Å². The molecule has 0 aliphatic carbocycles. The van der Waals surface area contributed by atoms with Gasteiger partial charge in [-0.3, -0.25) is 9.69 Å². The van der Waals surface area contributed by atoms with Crippen molar-refractivity contribution in [2.24, 2.45) is 5.73 Å². The van der Waals surface area contributed by atoms with E-state index < -0.39 is 6.04 Å². The van der Waals surface area contributed by atoms with Gasteiger partial charge in [0.15, 0.2) is 0 Å². The lowest BCUT2D eigenvalue weighted by molar-refractivity contribution is -0.134. The lowest BCUT2D eigenvalue weighted by Crippen LogP contribution is -2.50. The molecule has 2 N–H and O–H groups in total. The van der Waals surface area contributed by atoms with Crippen LogP contribution in [0.1, 0.15) is 39.2 Å². The van der Waals surface area contributed by atoms with Crippen LogP contribution in [0.4, 0.5) is 0 Å². The van der Waals surface area contributed by atoms with Gasteiger partial charge in [-0.05, 0) is 45.7 Å². The zero-order valence-electron chi connectivity index (χ0n) is 14.0. The SMILES string of the molecule is CC(N)C(=O)N(C[C@@H]1CCCN1Cc1ccccc1)C(C)C. The number of nitrogens with zero attached hydrogens (tertiary/aromatic N) is 2. The Morgan fingerprint density at radius 3 is 2.59 bits per heavy atom. The lowest BCUT2D eigenvalue weighted by Gasteiger charge is -2.34. The molecule has 22 heavy (non-hydrogen) atoms. The maximum Gasteiger partial charge on any atom is 0.239 e. The summed E-state index contributed by atoms with van der Waals surface area (Å²) in [4.78, 5) is 16.8. The number of carbonyl (C=O) groups is 1. The molecular weight excluding hydrogens is 274 g/mol. The van der Waals surface area contributed by atoms with Crippen molar-refractivity contribution in [1.82, 2.24) is 9.80 Å². The van der Waals surface area contributed by atoms with Crippen LogP contribution in [0.3, 0.4) is 0 Å². The second-order valence-corrected chi connectivity index (χ2v) is 6.63. The van der Waals surface area contributed by atoms with Gasteiger partial charge in [-0.1, -0.05) is 30.3 Å². The Balaban J connectivity index is 2.01. The summed E-state index contributed by atoms with van der Waals surface area (Å²) in [6.07, 6.45) is 2.36. The summed E-state index contributed by atoms with van der Waals surface area (Å²) in [5.41, 5.74) is 7.14. The topological polar surface area (TPSA) is 49.6 Å². The highest BCUT2D eigenvalue weighted by atomic mass is 16.2. The molecule has 1 aliphatic rings. The Hall–Kier alpha value is -1.39. The second-order valence-electron chi connectivity index (χ2n) is 6.63. The van der Waals surface area contributed by atoms with Crippen molar-refractivity contribution in [3.8, 4) is 0 Å². The van der Waals surface area contributed by atoms with Crippen LogP contribution in [0, 0.1) is 0 Å². The molecule has 1 aliphatic heterocycles. The third kappa shape index (κ3) is 4.31. The Morgan fingerprint density at radius 2 is 2.00 bits per heavy atom. The number of amides is 1. The Kier molecular flexibility index (Phi) is 5.98. The predicted molar refractivity (Wildman–Crippen MR) is 90.4 cm³/mol. The first-order valence-corrected chi connectivity index (χ1v) is 8.33. The Labute approximate surface area is 134 Å². The molecule has 0 aromatic heterocycles. The highest BCUT2D eigenvalue weighted by molar-refractivity contribution is 5.81. The third-order valence-corrected chi connectivity index (χ3v) is 4.43. The zero-order valence-corrected chi connectivity index (χ0v) is 14.0. The van der Waals surface area contributed by atoms with Crippen molar-refractivity contribution in [3.63, 3.8) is 0 Å². The number of rotatable bonds is 6. The fraction of sp³-hybridized carbons (Fsp3) is 0.611. The van der Waals surface area contributed by atoms with Gasteiger partial charge >= 0.3 is 0 Å². The van der Waals surface area contributed by atoms with Gasteiger partial charge in [-0.2, -0.15) is 0 Å². The quantitative estimate of drug-likeness (QED) is 0.877. The molecule has 0 spiro atoms. The third-order valence-electron chi connectivity index (χ3n) is 4.43. The molecule has 1 aromatic carbocycles. The summed E-state index contributed by atoms with van der Waals surface area (Å²) in [6, 6.07) is 10.8. The summed E-state index contributed by atoms with van der Waals surface area (Å²) in [5.74, 6) is 0.0570. The smallest absolute Gasteiger partial charge is 0.239 e. The van der Waals surface area contributed by atoms with Crippen LogP contribution in [0.15, 0.2) is 30.3 Å². The van der Waals surface area contributed by atoms with Crippen molar-refractivity contribution in [3.05, 3.63) is 35.9 Å². The first kappa shape index (κ1) is 17.0. The van der Waals surface area contributed by atoms with E-state index in [2.05, 4.69) is 43.0 Å². The summed E-state index contributed by atoms with van der Waals surface area (Å²) in [6.45, 7) is 8.76. The molecule has 0 saturated carbocycles. The summed E-state index contributed by atoms with van der Waals surface area (Å²) < 4.78 is 0. The van der Waals surface area contributed by atoms with Crippen molar-refractivity contribution >= 4 is 5.91 Å². The number of hydrogen-bond donors (Lipinski definition) is 1. The van der Waals surface area contributed by atoms with Crippen LogP contribution in [-0.4, -0.2) is 46.9 Å². The average molecular weight is 303 g/mol. The van der Waals surface area contributed by atoms with Crippen molar-refractivity contribution < 1.29 is 4.79 Å². The summed E-state index contributed by atoms with van der Waals surface area (Å²) in [5, 5.41) is 0. The minimum Gasteiger partial charge on any atom is -0.337 e. The predicted octanol–water partition coefficient (Wildman–Crippen LogP) is 2.24. The standard InChI is InChI=1S/C18H29N3O/c1-14(2)21(18(22)15(3)19)13-17-10-7-11-20(17)12-16-8-5-4-6-9-16/h4-6,8-9,14-15,17H,7,10-13,19H2,1-3H3/t15?,17-/m0/s1. The van der Waals surface area contributed by atoms with E-state index in [0.717, 1.165) is 26.1 Å². The largest absolute Gasteiger partial charge is 0.337 e. The second kappa shape index (κ2) is 7.75. The van der Waals surface area contributed by atoms with Gasteiger partial charge in [0.2, 0.25) is 5.91 Å². The van der Waals surface area contributed by atoms with Crippen molar-refractivity contribution in [2.45, 2.75) is 58.3 Å². The monoisotopic (exact) mass is 303 g/mol. The summed E-state index contributed by atoms with van der Waals surface area (Å²) in [7, 11) is 0. The van der Waals surface area contributed by atoms with Crippen molar-refractivity contribution in [2.75, 3.05) is 13.1 Å². The minimum absolute atomic E-state index is 0.0570. The zero-order chi connectivity index (χ0) is 16.1. The molecule has 4 heteroatoms. The van der Waals surface area contributed by atoms with E-state index in [-0.39, 0.29) is 11.9 Å². The molecule has 1 unspecified atom stereocenters. The molecular formula is C18H29N3O.